The number of aliphatic hydroxyl groups excluding tert-OH is 4. The lowest BCUT2D eigenvalue weighted by Gasteiger charge is -2.39. The summed E-state index contributed by atoms with van der Waals surface area (Å²) in [5.74, 6) is -0.953. The van der Waals surface area contributed by atoms with E-state index in [9.17, 15) is 34.8 Å². The van der Waals surface area contributed by atoms with Gasteiger partial charge in [-0.15, -0.1) is 5.10 Å². The Kier molecular flexibility index (Phi) is 16.1. The molecule has 2 aliphatic heterocycles. The van der Waals surface area contributed by atoms with Gasteiger partial charge in [-0.25, -0.2) is 4.68 Å². The summed E-state index contributed by atoms with van der Waals surface area (Å²) in [5.41, 5.74) is 2.87. The number of carbonyl (C=O) groups excluding carboxylic acids is 3. The molecule has 5 rings (SSSR count). The molecule has 2 aromatic carbocycles. The third-order valence-electron chi connectivity index (χ3n) is 10.0. The summed E-state index contributed by atoms with van der Waals surface area (Å²) in [7, 11) is 0. The SMILES string of the molecule is O=C1CCCCCCCCCCCNC(=O)[C@H](Cc2cn([C@@H]3O[C@H](CO)[C@@H](O)[C@H](O)[C@H]3O)nn2)NC(=O)/C(c2ccccc2)=C\C=C(\c2ccccc2)CN1. The molecule has 0 spiro atoms. The van der Waals surface area contributed by atoms with Gasteiger partial charge in [-0.05, 0) is 35.6 Å². The normalized spacial score (nSPS) is 28.0. The van der Waals surface area contributed by atoms with E-state index in [1.807, 2.05) is 54.6 Å². The van der Waals surface area contributed by atoms with Crippen LogP contribution in [0.15, 0.2) is 79.0 Å². The lowest BCUT2D eigenvalue weighted by molar-refractivity contribution is -0.254. The van der Waals surface area contributed by atoms with Crippen LogP contribution in [0.25, 0.3) is 11.1 Å². The van der Waals surface area contributed by atoms with Crippen LogP contribution in [0, 0.1) is 0 Å². The van der Waals surface area contributed by atoms with Crippen LogP contribution < -0.4 is 16.0 Å². The number of allylic oxidation sites excluding steroid dienone is 2. The molecule has 7 N–H and O–H groups in total. The molecule has 3 heterocycles. The van der Waals surface area contributed by atoms with Gasteiger partial charge in [0, 0.05) is 31.5 Å². The zero-order chi connectivity index (χ0) is 39.0. The number of nitrogens with one attached hydrogen (secondary N) is 3. The minimum Gasteiger partial charge on any atom is -0.394 e. The Bertz CT molecular complexity index is 1730. The Balaban J connectivity index is 1.43. The van der Waals surface area contributed by atoms with Gasteiger partial charge >= 0.3 is 0 Å². The summed E-state index contributed by atoms with van der Waals surface area (Å²) in [6.07, 6.45) is 7.18. The van der Waals surface area contributed by atoms with Crippen molar-refractivity contribution in [3.63, 3.8) is 0 Å². The Morgan fingerprint density at radius 2 is 1.38 bits per heavy atom. The fourth-order valence-electron chi connectivity index (χ4n) is 6.77. The van der Waals surface area contributed by atoms with Crippen molar-refractivity contribution in [3.05, 3.63) is 95.8 Å². The summed E-state index contributed by atoms with van der Waals surface area (Å²) in [6.45, 7) is 0.0811. The standard InChI is InChI=1S/C41H54N6O8/c48-27-34-36(50)37(51)38(52)41(55-34)47-26-31(45-46-47)24-33-40(54)42-23-15-7-5-3-1-2-4-6-14-20-35(49)43-25-30(28-16-10-8-11-17-28)21-22-32(39(53)44-33)29-18-12-9-13-19-29/h8-13,16-19,21-22,26,33-34,36-38,41,48,50-52H,1-7,14-15,20,23-25,27H2,(H,42,54)(H,43,49)(H,44,53)/b30-21+,32-22-/t33-,34+,36+,37-,38+,41+/m0/s1. The highest BCUT2D eigenvalue weighted by molar-refractivity contribution is 6.20. The lowest BCUT2D eigenvalue weighted by atomic mass is 9.98. The van der Waals surface area contributed by atoms with Gasteiger partial charge in [0.25, 0.3) is 5.91 Å². The average molecular weight is 759 g/mol. The van der Waals surface area contributed by atoms with Crippen LogP contribution in [0.2, 0.25) is 0 Å². The van der Waals surface area contributed by atoms with E-state index in [0.717, 1.165) is 73.6 Å². The number of hydrogen-bond donors (Lipinski definition) is 7. The molecule has 3 aromatic rings. The van der Waals surface area contributed by atoms with Gasteiger partial charge < -0.3 is 41.1 Å². The van der Waals surface area contributed by atoms with E-state index in [1.54, 1.807) is 18.2 Å². The largest absolute Gasteiger partial charge is 0.394 e. The molecule has 14 heteroatoms. The van der Waals surface area contributed by atoms with Crippen LogP contribution in [0.4, 0.5) is 0 Å². The molecule has 55 heavy (non-hydrogen) atoms. The van der Waals surface area contributed by atoms with Crippen LogP contribution in [-0.2, 0) is 25.5 Å². The molecule has 6 atom stereocenters. The van der Waals surface area contributed by atoms with Crippen molar-refractivity contribution in [2.75, 3.05) is 19.7 Å². The summed E-state index contributed by atoms with van der Waals surface area (Å²) >= 11 is 0. The first-order valence-corrected chi connectivity index (χ1v) is 19.3. The number of rotatable bonds is 6. The topological polar surface area (TPSA) is 208 Å². The fourth-order valence-corrected chi connectivity index (χ4v) is 6.77. The highest BCUT2D eigenvalue weighted by Gasteiger charge is 2.44. The summed E-state index contributed by atoms with van der Waals surface area (Å²) < 4.78 is 6.77. The minimum absolute atomic E-state index is 0.0254. The van der Waals surface area contributed by atoms with E-state index in [0.29, 0.717) is 24.1 Å². The molecule has 1 aromatic heterocycles. The number of aliphatic hydroxyl groups is 4. The Labute approximate surface area is 321 Å². The van der Waals surface area contributed by atoms with Crippen molar-refractivity contribution >= 4 is 28.9 Å². The molecular formula is C41H54N6O8. The van der Waals surface area contributed by atoms with Crippen molar-refractivity contribution in [1.29, 1.82) is 0 Å². The molecule has 296 valence electrons. The molecule has 2 aliphatic rings. The Morgan fingerprint density at radius 1 is 0.745 bits per heavy atom. The van der Waals surface area contributed by atoms with Crippen molar-refractivity contribution in [1.82, 2.24) is 30.9 Å². The van der Waals surface area contributed by atoms with Crippen molar-refractivity contribution in [2.45, 2.75) is 107 Å². The van der Waals surface area contributed by atoms with Crippen LogP contribution in [-0.4, -0.2) is 103 Å². The predicted octanol–water partition coefficient (Wildman–Crippen LogP) is 2.59. The molecule has 14 nitrogen and oxygen atoms in total. The van der Waals surface area contributed by atoms with E-state index in [4.69, 9.17) is 4.74 Å². The van der Waals surface area contributed by atoms with E-state index >= 15 is 0 Å². The van der Waals surface area contributed by atoms with E-state index < -0.39 is 55.1 Å². The highest BCUT2D eigenvalue weighted by Crippen LogP contribution is 2.28. The number of ether oxygens (including phenoxy) is 1. The van der Waals surface area contributed by atoms with Gasteiger partial charge in [-0.2, -0.15) is 0 Å². The third-order valence-corrected chi connectivity index (χ3v) is 10.0. The van der Waals surface area contributed by atoms with Gasteiger partial charge in [-0.3, -0.25) is 14.4 Å². The Morgan fingerprint density at radius 3 is 2.05 bits per heavy atom. The second kappa shape index (κ2) is 21.4. The lowest BCUT2D eigenvalue weighted by Crippen LogP contribution is -2.56. The average Bonchev–Trinajstić information content (AvgIpc) is 3.67. The molecule has 3 amide bonds. The Hall–Kier alpha value is -4.73. The second-order valence-corrected chi connectivity index (χ2v) is 14.1. The molecule has 0 bridgehead atoms. The number of aromatic nitrogens is 3. The molecule has 0 aliphatic carbocycles. The summed E-state index contributed by atoms with van der Waals surface area (Å²) in [4.78, 5) is 40.9. The molecule has 0 saturated carbocycles. The first kappa shape index (κ1) is 41.4. The van der Waals surface area contributed by atoms with E-state index in [1.165, 1.54) is 6.20 Å². The first-order chi connectivity index (χ1) is 26.7. The minimum atomic E-state index is -1.61. The zero-order valence-electron chi connectivity index (χ0n) is 31.1. The van der Waals surface area contributed by atoms with E-state index in [-0.39, 0.29) is 24.6 Å². The van der Waals surface area contributed by atoms with Gasteiger partial charge in [0.2, 0.25) is 11.8 Å². The third kappa shape index (κ3) is 12.1. The number of amides is 3. The van der Waals surface area contributed by atoms with Crippen LogP contribution in [0.3, 0.4) is 0 Å². The second-order valence-electron chi connectivity index (χ2n) is 14.1. The zero-order valence-corrected chi connectivity index (χ0v) is 31.1. The molecular weight excluding hydrogens is 704 g/mol. The molecule has 1 saturated heterocycles. The number of hydrogen-bond acceptors (Lipinski definition) is 10. The highest BCUT2D eigenvalue weighted by atomic mass is 16.6. The molecule has 0 unspecified atom stereocenters. The van der Waals surface area contributed by atoms with Crippen LogP contribution in [0.5, 0.6) is 0 Å². The quantitative estimate of drug-likeness (QED) is 0.196. The van der Waals surface area contributed by atoms with Crippen LogP contribution in [0.1, 0.15) is 87.3 Å². The van der Waals surface area contributed by atoms with Gasteiger partial charge in [0.05, 0.1) is 18.5 Å². The van der Waals surface area contributed by atoms with Crippen LogP contribution >= 0.6 is 0 Å². The number of carbonyl (C=O) groups is 3. The summed E-state index contributed by atoms with van der Waals surface area (Å²) in [5, 5.41) is 57.9. The molecule has 1 fully saturated rings. The fraction of sp³-hybridized carbons (Fsp3) is 0.488. The summed E-state index contributed by atoms with van der Waals surface area (Å²) in [6, 6.07) is 17.6. The van der Waals surface area contributed by atoms with E-state index in [2.05, 4.69) is 26.3 Å². The van der Waals surface area contributed by atoms with Crippen molar-refractivity contribution < 1.29 is 39.5 Å². The maximum Gasteiger partial charge on any atom is 0.252 e. The number of benzene rings is 2. The predicted molar refractivity (Wildman–Crippen MR) is 206 cm³/mol. The van der Waals surface area contributed by atoms with Crippen molar-refractivity contribution in [3.8, 4) is 0 Å². The maximum atomic E-state index is 14.2. The van der Waals surface area contributed by atoms with Gasteiger partial charge in [-0.1, -0.05) is 117 Å². The van der Waals surface area contributed by atoms with Gasteiger partial charge in [0.15, 0.2) is 6.23 Å². The smallest absolute Gasteiger partial charge is 0.252 e. The molecule has 0 radical (unpaired) electrons. The maximum absolute atomic E-state index is 14.2. The first-order valence-electron chi connectivity index (χ1n) is 19.3. The number of nitrogens with zero attached hydrogens (tertiary/aromatic N) is 3. The van der Waals surface area contributed by atoms with Crippen molar-refractivity contribution in [2.24, 2.45) is 0 Å². The monoisotopic (exact) mass is 758 g/mol. The van der Waals surface area contributed by atoms with Gasteiger partial charge in [0.1, 0.15) is 30.5 Å².